The van der Waals surface area contributed by atoms with Gasteiger partial charge < -0.3 is 0 Å². The fraction of sp³-hybridized carbons (Fsp3) is 0.833. The topological polar surface area (TPSA) is 17.1 Å². The highest BCUT2D eigenvalue weighted by Crippen LogP contribution is 2.10. The maximum absolute atomic E-state index is 10.00. The minimum atomic E-state index is 0.603. The molecule has 0 saturated carbocycles. The third kappa shape index (κ3) is 17.4. The lowest BCUT2D eigenvalue weighted by Crippen LogP contribution is -1.81. The van der Waals surface area contributed by atoms with E-state index in [1.165, 1.54) is 64.2 Å². The van der Waals surface area contributed by atoms with E-state index < -0.39 is 0 Å². The van der Waals surface area contributed by atoms with E-state index in [0.717, 1.165) is 19.3 Å². The highest BCUT2D eigenvalue weighted by atomic mass is 16.1. The highest BCUT2D eigenvalue weighted by molar-refractivity contribution is 5.50. The van der Waals surface area contributed by atoms with Crippen molar-refractivity contribution in [2.75, 3.05) is 0 Å². The number of allylic oxidation sites excluding steroid dienone is 2. The number of carbonyl (C=O) groups excluding carboxylic acids is 1. The molecule has 0 aliphatic carbocycles. The molecule has 111 valence electrons. The Morgan fingerprint density at radius 1 is 0.684 bits per heavy atom. The standard InChI is InChI=1S/C18H33O/c1-2-3-4-5-6-7-8-9-10-11-12-13-14-15-16-17-18-19/h12-13H,2-11,14-17H2,1H3/b13-12-. The molecule has 1 heteroatoms. The monoisotopic (exact) mass is 265 g/mol. The minimum Gasteiger partial charge on any atom is -0.291 e. The first-order valence-corrected chi connectivity index (χ1v) is 8.41. The summed E-state index contributed by atoms with van der Waals surface area (Å²) in [6.45, 7) is 2.27. The predicted molar refractivity (Wildman–Crippen MR) is 85.1 cm³/mol. The van der Waals surface area contributed by atoms with Crippen LogP contribution in [0.5, 0.6) is 0 Å². The van der Waals surface area contributed by atoms with Crippen molar-refractivity contribution in [3.63, 3.8) is 0 Å². The van der Waals surface area contributed by atoms with E-state index in [2.05, 4.69) is 19.1 Å². The first-order chi connectivity index (χ1) is 9.41. The molecule has 1 radical (unpaired) electrons. The quantitative estimate of drug-likeness (QED) is 0.257. The Morgan fingerprint density at radius 2 is 1.16 bits per heavy atom. The van der Waals surface area contributed by atoms with Gasteiger partial charge in [0.15, 0.2) is 6.29 Å². The Kier molecular flexibility index (Phi) is 16.9. The molecule has 0 atom stereocenters. The van der Waals surface area contributed by atoms with Crippen LogP contribution in [0.4, 0.5) is 0 Å². The van der Waals surface area contributed by atoms with Gasteiger partial charge in [-0.05, 0) is 32.1 Å². The van der Waals surface area contributed by atoms with Crippen molar-refractivity contribution >= 4 is 6.29 Å². The third-order valence-corrected chi connectivity index (χ3v) is 3.54. The molecule has 0 unspecified atom stereocenters. The SMILES string of the molecule is CCCCCCCCCCC/C=C\CCCC[C]=O. The van der Waals surface area contributed by atoms with Crippen molar-refractivity contribution in [2.24, 2.45) is 0 Å². The molecular formula is C18H33O. The van der Waals surface area contributed by atoms with Crippen LogP contribution < -0.4 is 0 Å². The molecule has 0 rings (SSSR count). The second-order valence-electron chi connectivity index (χ2n) is 5.48. The summed E-state index contributed by atoms with van der Waals surface area (Å²) in [5, 5.41) is 0. The maximum atomic E-state index is 10.00. The van der Waals surface area contributed by atoms with Crippen molar-refractivity contribution < 1.29 is 4.79 Å². The van der Waals surface area contributed by atoms with Gasteiger partial charge in [-0.25, -0.2) is 0 Å². The Hall–Kier alpha value is -0.590. The average Bonchev–Trinajstić information content (AvgIpc) is 2.43. The Labute approximate surface area is 120 Å². The molecule has 0 aromatic heterocycles. The third-order valence-electron chi connectivity index (χ3n) is 3.54. The summed E-state index contributed by atoms with van der Waals surface area (Å²) in [5.74, 6) is 0. The van der Waals surface area contributed by atoms with Gasteiger partial charge in [-0.3, -0.25) is 4.79 Å². The van der Waals surface area contributed by atoms with E-state index in [4.69, 9.17) is 0 Å². The summed E-state index contributed by atoms with van der Waals surface area (Å²) in [5.41, 5.74) is 0. The molecule has 0 bridgehead atoms. The van der Waals surface area contributed by atoms with Crippen LogP contribution in [0.15, 0.2) is 12.2 Å². The van der Waals surface area contributed by atoms with E-state index in [1.807, 2.05) is 6.29 Å². The van der Waals surface area contributed by atoms with Gasteiger partial charge in [0, 0.05) is 6.42 Å². The summed E-state index contributed by atoms with van der Waals surface area (Å²) in [4.78, 5) is 10.00. The lowest BCUT2D eigenvalue weighted by atomic mass is 10.1. The second kappa shape index (κ2) is 17.4. The van der Waals surface area contributed by atoms with Crippen LogP contribution in [0.3, 0.4) is 0 Å². The van der Waals surface area contributed by atoms with Crippen LogP contribution >= 0.6 is 0 Å². The molecule has 0 aliphatic rings. The Balaban J connectivity index is 3.01. The number of rotatable bonds is 15. The van der Waals surface area contributed by atoms with Gasteiger partial charge >= 0.3 is 0 Å². The maximum Gasteiger partial charge on any atom is 0.198 e. The largest absolute Gasteiger partial charge is 0.291 e. The van der Waals surface area contributed by atoms with E-state index in [1.54, 1.807) is 0 Å². The zero-order chi connectivity index (χ0) is 14.0. The molecule has 0 aromatic carbocycles. The van der Waals surface area contributed by atoms with Gasteiger partial charge in [-0.2, -0.15) is 0 Å². The first-order valence-electron chi connectivity index (χ1n) is 8.41. The van der Waals surface area contributed by atoms with Crippen LogP contribution in [0.1, 0.15) is 96.8 Å². The average molecular weight is 265 g/mol. The number of unbranched alkanes of at least 4 members (excludes halogenated alkanes) is 12. The second-order valence-corrected chi connectivity index (χ2v) is 5.48. The first kappa shape index (κ1) is 18.4. The molecule has 19 heavy (non-hydrogen) atoms. The van der Waals surface area contributed by atoms with Gasteiger partial charge in [-0.15, -0.1) is 0 Å². The minimum absolute atomic E-state index is 0.603. The Morgan fingerprint density at radius 3 is 1.68 bits per heavy atom. The summed E-state index contributed by atoms with van der Waals surface area (Å²) in [6, 6.07) is 0. The van der Waals surface area contributed by atoms with Crippen molar-refractivity contribution in [3.8, 4) is 0 Å². The summed E-state index contributed by atoms with van der Waals surface area (Å²) in [6.07, 6.45) is 24.2. The Bertz CT molecular complexity index is 196. The van der Waals surface area contributed by atoms with E-state index in [0.29, 0.717) is 6.42 Å². The van der Waals surface area contributed by atoms with Gasteiger partial charge in [0.25, 0.3) is 0 Å². The fourth-order valence-electron chi connectivity index (χ4n) is 2.27. The molecule has 0 aromatic rings. The van der Waals surface area contributed by atoms with Gasteiger partial charge in [0.1, 0.15) is 0 Å². The van der Waals surface area contributed by atoms with Crippen LogP contribution in [-0.2, 0) is 4.79 Å². The molecule has 0 N–H and O–H groups in total. The molecule has 0 saturated heterocycles. The molecule has 0 spiro atoms. The van der Waals surface area contributed by atoms with Gasteiger partial charge in [-0.1, -0.05) is 70.4 Å². The smallest absolute Gasteiger partial charge is 0.198 e. The van der Waals surface area contributed by atoms with E-state index in [9.17, 15) is 4.79 Å². The summed E-state index contributed by atoms with van der Waals surface area (Å²) >= 11 is 0. The van der Waals surface area contributed by atoms with Gasteiger partial charge in [0.2, 0.25) is 0 Å². The van der Waals surface area contributed by atoms with Crippen LogP contribution in [0.25, 0.3) is 0 Å². The molecule has 0 heterocycles. The molecule has 0 fully saturated rings. The lowest BCUT2D eigenvalue weighted by molar-refractivity contribution is 0.547. The normalized spacial score (nSPS) is 11.2. The van der Waals surface area contributed by atoms with Crippen LogP contribution in [-0.4, -0.2) is 6.29 Å². The zero-order valence-corrected chi connectivity index (χ0v) is 13.0. The molecule has 1 nitrogen and oxygen atoms in total. The van der Waals surface area contributed by atoms with E-state index >= 15 is 0 Å². The molecule has 0 aliphatic heterocycles. The van der Waals surface area contributed by atoms with Crippen LogP contribution in [0.2, 0.25) is 0 Å². The van der Waals surface area contributed by atoms with Crippen molar-refractivity contribution in [1.29, 1.82) is 0 Å². The molecular weight excluding hydrogens is 232 g/mol. The molecule has 0 amide bonds. The zero-order valence-electron chi connectivity index (χ0n) is 13.0. The lowest BCUT2D eigenvalue weighted by Gasteiger charge is -2.00. The van der Waals surface area contributed by atoms with Gasteiger partial charge in [0.05, 0.1) is 0 Å². The number of hydrogen-bond donors (Lipinski definition) is 0. The predicted octanol–water partition coefficient (Wildman–Crippen LogP) is 6.13. The summed E-state index contributed by atoms with van der Waals surface area (Å²) < 4.78 is 0. The highest BCUT2D eigenvalue weighted by Gasteiger charge is 1.91. The van der Waals surface area contributed by atoms with Crippen molar-refractivity contribution in [3.05, 3.63) is 12.2 Å². The van der Waals surface area contributed by atoms with Crippen molar-refractivity contribution in [1.82, 2.24) is 0 Å². The van der Waals surface area contributed by atoms with E-state index in [-0.39, 0.29) is 0 Å². The summed E-state index contributed by atoms with van der Waals surface area (Å²) in [7, 11) is 0. The number of hydrogen-bond acceptors (Lipinski definition) is 1. The van der Waals surface area contributed by atoms with Crippen molar-refractivity contribution in [2.45, 2.75) is 96.8 Å². The fourth-order valence-corrected chi connectivity index (χ4v) is 2.27. The van der Waals surface area contributed by atoms with Crippen LogP contribution in [0, 0.1) is 0 Å².